The maximum atomic E-state index is 13.6. The van der Waals surface area contributed by atoms with Crippen molar-refractivity contribution in [3.05, 3.63) is 69.0 Å². The van der Waals surface area contributed by atoms with Crippen LogP contribution >= 0.6 is 0 Å². The zero-order chi connectivity index (χ0) is 29.6. The molecule has 0 aliphatic carbocycles. The van der Waals surface area contributed by atoms with Crippen molar-refractivity contribution in [2.45, 2.75) is 90.9 Å². The molecule has 222 valence electrons. The largest absolute Gasteiger partial charge is 0.375 e. The summed E-state index contributed by atoms with van der Waals surface area (Å²) in [5.41, 5.74) is 2.28. The Kier molecular flexibility index (Phi) is 9.82. The average Bonchev–Trinajstić information content (AvgIpc) is 3.44. The van der Waals surface area contributed by atoms with Gasteiger partial charge in [0, 0.05) is 60.1 Å². The Labute approximate surface area is 251 Å². The van der Waals surface area contributed by atoms with Gasteiger partial charge in [-0.3, -0.25) is 9.59 Å². The second-order valence-electron chi connectivity index (χ2n) is 12.4. The van der Waals surface area contributed by atoms with Crippen molar-refractivity contribution in [2.24, 2.45) is 0 Å². The van der Waals surface area contributed by atoms with Gasteiger partial charge in [0.25, 0.3) is 0 Å². The van der Waals surface area contributed by atoms with Gasteiger partial charge in [-0.2, -0.15) is 0 Å². The van der Waals surface area contributed by atoms with Crippen molar-refractivity contribution >= 4 is 54.5 Å². The number of fused-ring (bicyclic) bond motifs is 6. The molecule has 5 rings (SSSR count). The maximum absolute atomic E-state index is 13.6. The van der Waals surface area contributed by atoms with Crippen LogP contribution in [-0.2, 0) is 0 Å². The Bertz CT molecular complexity index is 1610. The van der Waals surface area contributed by atoms with Gasteiger partial charge >= 0.3 is 0 Å². The molecule has 0 spiro atoms. The highest BCUT2D eigenvalue weighted by Crippen LogP contribution is 2.34. The van der Waals surface area contributed by atoms with Crippen LogP contribution in [0.2, 0.25) is 0 Å². The topological polar surface area (TPSA) is 40.6 Å². The minimum absolute atomic E-state index is 0.0637. The molecule has 0 saturated heterocycles. The fourth-order valence-corrected chi connectivity index (χ4v) is 6.61. The second-order valence-corrected chi connectivity index (χ2v) is 12.4. The lowest BCUT2D eigenvalue weighted by Gasteiger charge is -2.19. The Morgan fingerprint density at radius 1 is 0.429 bits per heavy atom. The summed E-state index contributed by atoms with van der Waals surface area (Å²) in [5.74, 6) is 0. The summed E-state index contributed by atoms with van der Waals surface area (Å²) in [7, 11) is 4.23. The number of benzene rings is 3. The first-order chi connectivity index (χ1) is 20.4. The molecule has 0 amide bonds. The van der Waals surface area contributed by atoms with E-state index in [0.29, 0.717) is 10.8 Å². The van der Waals surface area contributed by atoms with Gasteiger partial charge in [-0.1, -0.05) is 90.2 Å². The lowest BCUT2D eigenvalue weighted by Crippen LogP contribution is -2.18. The van der Waals surface area contributed by atoms with E-state index in [1.807, 2.05) is 24.3 Å². The first-order valence-corrected chi connectivity index (χ1v) is 16.4. The number of hydrogen-bond donors (Lipinski definition) is 0. The zero-order valence-electron chi connectivity index (χ0n) is 26.2. The molecule has 0 saturated carbocycles. The number of unbranched alkanes of at least 4 members (excludes halogenated alkanes) is 10. The molecule has 0 aliphatic rings. The monoisotopic (exact) mass is 564 g/mol. The molecule has 0 radical (unpaired) electrons. The third kappa shape index (κ3) is 6.19. The van der Waals surface area contributed by atoms with Gasteiger partial charge in [0.15, 0.2) is 10.9 Å². The summed E-state index contributed by atoms with van der Waals surface area (Å²) in [6.07, 6.45) is 15.2. The molecule has 5 aromatic carbocycles. The Morgan fingerprint density at radius 2 is 0.786 bits per heavy atom. The molecule has 42 heavy (non-hydrogen) atoms. The quantitative estimate of drug-likeness (QED) is 0.112. The van der Waals surface area contributed by atoms with E-state index >= 15 is 0 Å². The molecule has 0 aromatic heterocycles. The summed E-state index contributed by atoms with van der Waals surface area (Å²) in [6.45, 7) is 6.47. The van der Waals surface area contributed by atoms with Crippen molar-refractivity contribution in [1.29, 1.82) is 0 Å². The van der Waals surface area contributed by atoms with Crippen molar-refractivity contribution in [1.82, 2.24) is 0 Å². The van der Waals surface area contributed by atoms with Crippen molar-refractivity contribution in [3.63, 3.8) is 0 Å². The van der Waals surface area contributed by atoms with Crippen LogP contribution in [0.25, 0.3) is 43.1 Å². The van der Waals surface area contributed by atoms with Crippen LogP contribution in [0.5, 0.6) is 0 Å². The van der Waals surface area contributed by atoms with E-state index in [-0.39, 0.29) is 10.9 Å². The molecule has 0 atom stereocenters. The van der Waals surface area contributed by atoms with Crippen molar-refractivity contribution < 1.29 is 0 Å². The van der Waals surface area contributed by atoms with Crippen LogP contribution in [0.1, 0.15) is 90.9 Å². The molecule has 0 heterocycles. The SMILES string of the molecule is CCCCCCCCN(C)c1ccc2c(c1)c(=O)c1cc3c(cc12)c(=O)c1cc(N(C)CCCCCCCC)ccc13. The minimum atomic E-state index is 0.0637. The Balaban J connectivity index is 1.39. The van der Waals surface area contributed by atoms with Crippen LogP contribution in [0, 0.1) is 0 Å². The van der Waals surface area contributed by atoms with E-state index in [1.165, 1.54) is 64.2 Å². The minimum Gasteiger partial charge on any atom is -0.375 e. The van der Waals surface area contributed by atoms with E-state index in [2.05, 4.69) is 62.0 Å². The van der Waals surface area contributed by atoms with E-state index in [0.717, 1.165) is 69.6 Å². The normalized spacial score (nSPS) is 11.9. The van der Waals surface area contributed by atoms with Crippen LogP contribution in [-0.4, -0.2) is 27.2 Å². The van der Waals surface area contributed by atoms with E-state index in [4.69, 9.17) is 0 Å². The average molecular weight is 565 g/mol. The van der Waals surface area contributed by atoms with Crippen LogP contribution in [0.15, 0.2) is 58.1 Å². The van der Waals surface area contributed by atoms with Crippen LogP contribution in [0.4, 0.5) is 11.4 Å². The Morgan fingerprint density at radius 3 is 1.19 bits per heavy atom. The molecule has 0 aliphatic heterocycles. The van der Waals surface area contributed by atoms with Gasteiger partial charge in [-0.15, -0.1) is 0 Å². The summed E-state index contributed by atoms with van der Waals surface area (Å²) < 4.78 is 0. The highest BCUT2D eigenvalue weighted by molar-refractivity contribution is 6.21. The highest BCUT2D eigenvalue weighted by Gasteiger charge is 2.18. The molecule has 4 nitrogen and oxygen atoms in total. The van der Waals surface area contributed by atoms with Crippen LogP contribution < -0.4 is 20.7 Å². The van der Waals surface area contributed by atoms with Gasteiger partial charge in [0.2, 0.25) is 0 Å². The maximum Gasteiger partial charge on any atom is 0.194 e. The van der Waals surface area contributed by atoms with Gasteiger partial charge in [-0.25, -0.2) is 0 Å². The van der Waals surface area contributed by atoms with Crippen molar-refractivity contribution in [2.75, 3.05) is 37.0 Å². The molecule has 5 aromatic rings. The van der Waals surface area contributed by atoms with Gasteiger partial charge in [-0.05, 0) is 70.8 Å². The third-order valence-electron chi connectivity index (χ3n) is 9.30. The van der Waals surface area contributed by atoms with E-state index < -0.39 is 0 Å². The number of nitrogens with zero attached hydrogens (tertiary/aromatic N) is 2. The van der Waals surface area contributed by atoms with Gasteiger partial charge in [0.05, 0.1) is 0 Å². The predicted octanol–water partition coefficient (Wildman–Crippen LogP) is 9.49. The molecule has 0 N–H and O–H groups in total. The fourth-order valence-electron chi connectivity index (χ4n) is 6.61. The van der Waals surface area contributed by atoms with E-state index in [1.54, 1.807) is 0 Å². The summed E-state index contributed by atoms with van der Waals surface area (Å²) in [4.78, 5) is 31.8. The first kappa shape index (κ1) is 30.1. The lowest BCUT2D eigenvalue weighted by atomic mass is 10.1. The summed E-state index contributed by atoms with van der Waals surface area (Å²) >= 11 is 0. The number of rotatable bonds is 16. The molecule has 0 unspecified atom stereocenters. The van der Waals surface area contributed by atoms with E-state index in [9.17, 15) is 9.59 Å². The highest BCUT2D eigenvalue weighted by atomic mass is 16.1. The fraction of sp³-hybridized carbons (Fsp3) is 0.474. The molecular formula is C38H48N2O2. The summed E-state index contributed by atoms with van der Waals surface area (Å²) in [6, 6.07) is 16.4. The molecule has 0 bridgehead atoms. The Hall–Kier alpha value is -3.40. The zero-order valence-corrected chi connectivity index (χ0v) is 26.2. The van der Waals surface area contributed by atoms with Gasteiger partial charge < -0.3 is 9.80 Å². The first-order valence-electron chi connectivity index (χ1n) is 16.4. The predicted molar refractivity (Wildman–Crippen MR) is 185 cm³/mol. The number of hydrogen-bond acceptors (Lipinski definition) is 4. The summed E-state index contributed by atoms with van der Waals surface area (Å²) in [5, 5.41) is 6.59. The molecule has 4 heteroatoms. The lowest BCUT2D eigenvalue weighted by molar-refractivity contribution is 0.606. The third-order valence-corrected chi connectivity index (χ3v) is 9.30. The number of anilines is 2. The molecule has 0 fully saturated rings. The standard InChI is InChI=1S/C38H48N2O2/c1-5-7-9-11-13-15-21-39(3)27-17-19-29-31-25-36-32(26-35(31)37(41)33(29)23-27)30-20-18-28(24-34(30)38(36)42)40(4)22-16-14-12-10-8-6-2/h17-20,23-26H,5-16,21-22H2,1-4H3. The smallest absolute Gasteiger partial charge is 0.194 e. The van der Waals surface area contributed by atoms with Crippen LogP contribution in [0.3, 0.4) is 0 Å². The van der Waals surface area contributed by atoms with Crippen molar-refractivity contribution in [3.8, 4) is 0 Å². The van der Waals surface area contributed by atoms with Gasteiger partial charge in [0.1, 0.15) is 0 Å². The second kappa shape index (κ2) is 13.7. The molecular weight excluding hydrogens is 516 g/mol.